The van der Waals surface area contributed by atoms with Crippen LogP contribution in [0.4, 0.5) is 15.9 Å². The van der Waals surface area contributed by atoms with Crippen LogP contribution in [0.2, 0.25) is 0 Å². The third kappa shape index (κ3) is 2.43. The highest BCUT2D eigenvalue weighted by Crippen LogP contribution is 2.30. The standard InChI is InChI=1S/C20H14FN5/c21-17-10-14(9-12-3-1-4-15(12)17)24-20-16-5-2-7-23-19(16)25-18(26-20)13-6-8-22-11-13/h1-3,5-11,22H,4H2,(H,23,24,25,26). The summed E-state index contributed by atoms with van der Waals surface area (Å²) in [6.45, 7) is 0. The molecule has 3 aromatic heterocycles. The SMILES string of the molecule is Fc1cc(Nc2nc(-c3cc[nH]c3)nc3ncccc23)cc2c1CC=C2. The van der Waals surface area contributed by atoms with E-state index in [0.29, 0.717) is 29.4 Å². The fourth-order valence-electron chi connectivity index (χ4n) is 3.18. The van der Waals surface area contributed by atoms with E-state index in [1.165, 1.54) is 6.07 Å². The molecule has 0 atom stereocenters. The summed E-state index contributed by atoms with van der Waals surface area (Å²) >= 11 is 0. The van der Waals surface area contributed by atoms with Gasteiger partial charge in [0.25, 0.3) is 0 Å². The van der Waals surface area contributed by atoms with E-state index in [1.54, 1.807) is 6.20 Å². The molecular formula is C20H14FN5. The van der Waals surface area contributed by atoms with Gasteiger partial charge < -0.3 is 10.3 Å². The average molecular weight is 343 g/mol. The highest BCUT2D eigenvalue weighted by Gasteiger charge is 2.15. The summed E-state index contributed by atoms with van der Waals surface area (Å²) in [5.74, 6) is 0.944. The molecule has 0 spiro atoms. The Kier molecular flexibility index (Phi) is 3.28. The van der Waals surface area contributed by atoms with E-state index in [4.69, 9.17) is 0 Å². The van der Waals surface area contributed by atoms with Crippen LogP contribution in [0.25, 0.3) is 28.5 Å². The number of benzene rings is 1. The molecule has 3 heterocycles. The Morgan fingerprint density at radius 3 is 3.00 bits per heavy atom. The number of H-pyrrole nitrogens is 1. The summed E-state index contributed by atoms with van der Waals surface area (Å²) in [6, 6.07) is 9.07. The molecule has 6 heteroatoms. The lowest BCUT2D eigenvalue weighted by Gasteiger charge is -2.12. The van der Waals surface area contributed by atoms with Crippen molar-refractivity contribution in [2.75, 3.05) is 5.32 Å². The minimum absolute atomic E-state index is 0.211. The number of aromatic amines is 1. The number of halogens is 1. The zero-order valence-electron chi connectivity index (χ0n) is 13.7. The van der Waals surface area contributed by atoms with Crippen LogP contribution >= 0.6 is 0 Å². The molecular weight excluding hydrogens is 329 g/mol. The van der Waals surface area contributed by atoms with Crippen molar-refractivity contribution in [3.8, 4) is 11.4 Å². The second kappa shape index (κ2) is 5.77. The van der Waals surface area contributed by atoms with Crippen molar-refractivity contribution in [1.82, 2.24) is 19.9 Å². The van der Waals surface area contributed by atoms with E-state index < -0.39 is 0 Å². The third-order valence-corrected chi connectivity index (χ3v) is 4.44. The predicted molar refractivity (Wildman–Crippen MR) is 99.5 cm³/mol. The molecule has 1 aromatic carbocycles. The summed E-state index contributed by atoms with van der Waals surface area (Å²) < 4.78 is 14.3. The van der Waals surface area contributed by atoms with E-state index in [1.807, 2.05) is 48.8 Å². The quantitative estimate of drug-likeness (QED) is 0.576. The van der Waals surface area contributed by atoms with Gasteiger partial charge in [0.05, 0.1) is 5.39 Å². The Morgan fingerprint density at radius 1 is 1.15 bits per heavy atom. The minimum Gasteiger partial charge on any atom is -0.367 e. The molecule has 0 amide bonds. The minimum atomic E-state index is -0.211. The Labute approximate surface area is 148 Å². The van der Waals surface area contributed by atoms with Crippen molar-refractivity contribution >= 4 is 28.6 Å². The third-order valence-electron chi connectivity index (χ3n) is 4.44. The molecule has 0 fully saturated rings. The number of rotatable bonds is 3. The number of nitrogens with zero attached hydrogens (tertiary/aromatic N) is 3. The fourth-order valence-corrected chi connectivity index (χ4v) is 3.18. The number of hydrogen-bond donors (Lipinski definition) is 2. The summed E-state index contributed by atoms with van der Waals surface area (Å²) in [4.78, 5) is 16.5. The molecule has 0 aliphatic heterocycles. The van der Waals surface area contributed by atoms with Crippen molar-refractivity contribution < 1.29 is 4.39 Å². The number of anilines is 2. The van der Waals surface area contributed by atoms with Crippen LogP contribution in [0.15, 0.2) is 55.0 Å². The molecule has 0 unspecified atom stereocenters. The molecule has 4 aromatic rings. The van der Waals surface area contributed by atoms with Crippen LogP contribution in [0.3, 0.4) is 0 Å². The van der Waals surface area contributed by atoms with Gasteiger partial charge >= 0.3 is 0 Å². The van der Waals surface area contributed by atoms with Gasteiger partial charge in [-0.1, -0.05) is 12.2 Å². The second-order valence-corrected chi connectivity index (χ2v) is 6.13. The lowest BCUT2D eigenvalue weighted by molar-refractivity contribution is 0.616. The Morgan fingerprint density at radius 2 is 2.12 bits per heavy atom. The van der Waals surface area contributed by atoms with Crippen LogP contribution in [0.5, 0.6) is 0 Å². The molecule has 126 valence electrons. The van der Waals surface area contributed by atoms with E-state index in [-0.39, 0.29) is 5.82 Å². The topological polar surface area (TPSA) is 66.5 Å². The molecule has 2 N–H and O–H groups in total. The van der Waals surface area contributed by atoms with E-state index in [9.17, 15) is 4.39 Å². The maximum atomic E-state index is 14.3. The van der Waals surface area contributed by atoms with Crippen molar-refractivity contribution in [2.24, 2.45) is 0 Å². The number of allylic oxidation sites excluding steroid dienone is 1. The van der Waals surface area contributed by atoms with Gasteiger partial charge in [-0.15, -0.1) is 0 Å². The zero-order valence-corrected chi connectivity index (χ0v) is 13.7. The van der Waals surface area contributed by atoms with Crippen LogP contribution in [-0.2, 0) is 6.42 Å². The first-order valence-electron chi connectivity index (χ1n) is 8.30. The van der Waals surface area contributed by atoms with Gasteiger partial charge in [0.2, 0.25) is 0 Å². The monoisotopic (exact) mass is 343 g/mol. The molecule has 1 aliphatic rings. The molecule has 0 radical (unpaired) electrons. The molecule has 0 saturated heterocycles. The molecule has 0 bridgehead atoms. The van der Waals surface area contributed by atoms with E-state index in [2.05, 4.69) is 25.3 Å². The van der Waals surface area contributed by atoms with Crippen LogP contribution in [0.1, 0.15) is 11.1 Å². The Hall–Kier alpha value is -3.54. The van der Waals surface area contributed by atoms with Gasteiger partial charge in [0.1, 0.15) is 11.6 Å². The van der Waals surface area contributed by atoms with Crippen LogP contribution in [-0.4, -0.2) is 19.9 Å². The highest BCUT2D eigenvalue weighted by atomic mass is 19.1. The fraction of sp³-hybridized carbons (Fsp3) is 0.0500. The molecule has 5 nitrogen and oxygen atoms in total. The van der Waals surface area contributed by atoms with Crippen molar-refractivity contribution in [3.05, 3.63) is 71.9 Å². The van der Waals surface area contributed by atoms with Gasteiger partial charge in [-0.05, 0) is 47.9 Å². The first-order valence-corrected chi connectivity index (χ1v) is 8.30. The second-order valence-electron chi connectivity index (χ2n) is 6.13. The van der Waals surface area contributed by atoms with Crippen molar-refractivity contribution in [3.63, 3.8) is 0 Å². The zero-order chi connectivity index (χ0) is 17.5. The number of nitrogens with one attached hydrogen (secondary N) is 2. The van der Waals surface area contributed by atoms with Gasteiger partial charge in [-0.2, -0.15) is 0 Å². The van der Waals surface area contributed by atoms with E-state index >= 15 is 0 Å². The van der Waals surface area contributed by atoms with E-state index in [0.717, 1.165) is 22.1 Å². The van der Waals surface area contributed by atoms with Gasteiger partial charge in [0.15, 0.2) is 11.5 Å². The van der Waals surface area contributed by atoms with Crippen LogP contribution < -0.4 is 5.32 Å². The first-order chi connectivity index (χ1) is 12.8. The highest BCUT2D eigenvalue weighted by molar-refractivity contribution is 5.90. The van der Waals surface area contributed by atoms with Crippen molar-refractivity contribution in [2.45, 2.75) is 6.42 Å². The lowest BCUT2D eigenvalue weighted by Crippen LogP contribution is -2.01. The number of hydrogen-bond acceptors (Lipinski definition) is 4. The molecule has 26 heavy (non-hydrogen) atoms. The Balaban J connectivity index is 1.64. The molecule has 5 rings (SSSR count). The smallest absolute Gasteiger partial charge is 0.165 e. The van der Waals surface area contributed by atoms with Crippen LogP contribution in [0, 0.1) is 5.82 Å². The largest absolute Gasteiger partial charge is 0.367 e. The maximum absolute atomic E-state index is 14.3. The summed E-state index contributed by atoms with van der Waals surface area (Å²) in [7, 11) is 0. The number of aromatic nitrogens is 4. The summed E-state index contributed by atoms with van der Waals surface area (Å²) in [6.07, 6.45) is 9.88. The van der Waals surface area contributed by atoms with Crippen molar-refractivity contribution in [1.29, 1.82) is 0 Å². The number of fused-ring (bicyclic) bond motifs is 2. The van der Waals surface area contributed by atoms with Gasteiger partial charge in [-0.3, -0.25) is 0 Å². The molecule has 1 aliphatic carbocycles. The van der Waals surface area contributed by atoms with Gasteiger partial charge in [-0.25, -0.2) is 19.3 Å². The summed E-state index contributed by atoms with van der Waals surface area (Å²) in [5, 5.41) is 4.03. The average Bonchev–Trinajstić information content (AvgIpc) is 3.33. The maximum Gasteiger partial charge on any atom is 0.165 e. The number of pyridine rings is 1. The Bertz CT molecular complexity index is 1150. The predicted octanol–water partition coefficient (Wildman–Crippen LogP) is 4.47. The molecule has 0 saturated carbocycles. The summed E-state index contributed by atoms with van der Waals surface area (Å²) in [5.41, 5.74) is 3.73. The first kappa shape index (κ1) is 14.8. The normalized spacial score (nSPS) is 12.5. The van der Waals surface area contributed by atoms with Gasteiger partial charge in [0, 0.05) is 29.8 Å². The lowest BCUT2D eigenvalue weighted by atomic mass is 10.1.